The monoisotopic (exact) mass is 314 g/mol. The molecule has 0 aliphatic carbocycles. The quantitative estimate of drug-likeness (QED) is 0.686. The molecule has 1 rings (SSSR count). The number of hydrogen-bond acceptors (Lipinski definition) is 5. The minimum atomic E-state index is -0.586. The Kier molecular flexibility index (Phi) is 8.52. The van der Waals surface area contributed by atoms with E-state index in [1.54, 1.807) is 11.3 Å². The fourth-order valence-electron chi connectivity index (χ4n) is 1.92. The first-order valence-corrected chi connectivity index (χ1v) is 8.19. The van der Waals surface area contributed by atoms with Gasteiger partial charge in [0.1, 0.15) is 0 Å². The highest BCUT2D eigenvalue weighted by atomic mass is 32.1. The van der Waals surface area contributed by atoms with Gasteiger partial charge in [0.15, 0.2) is 0 Å². The van der Waals surface area contributed by atoms with Crippen molar-refractivity contribution < 1.29 is 14.6 Å². The van der Waals surface area contributed by atoms with Gasteiger partial charge in [-0.1, -0.05) is 13.0 Å². The third kappa shape index (κ3) is 8.16. The Balaban J connectivity index is 2.23. The van der Waals surface area contributed by atoms with Crippen LogP contribution in [-0.4, -0.2) is 54.3 Å². The number of likely N-dealkylation sites (N-methyl/N-ethyl adjacent to an activating group) is 1. The van der Waals surface area contributed by atoms with Crippen molar-refractivity contribution in [3.63, 3.8) is 0 Å². The molecule has 21 heavy (non-hydrogen) atoms. The van der Waals surface area contributed by atoms with E-state index in [4.69, 9.17) is 4.74 Å². The van der Waals surface area contributed by atoms with E-state index in [0.717, 1.165) is 4.88 Å². The molecule has 1 heterocycles. The van der Waals surface area contributed by atoms with Crippen molar-refractivity contribution in [3.8, 4) is 0 Å². The van der Waals surface area contributed by atoms with Crippen molar-refractivity contribution in [1.29, 1.82) is 0 Å². The zero-order valence-corrected chi connectivity index (χ0v) is 13.9. The average Bonchev–Trinajstić information content (AvgIpc) is 2.90. The molecule has 0 spiro atoms. The molecule has 5 nitrogen and oxygen atoms in total. The number of carbonyl (C=O) groups is 1. The van der Waals surface area contributed by atoms with Gasteiger partial charge in [0.25, 0.3) is 0 Å². The molecule has 1 amide bonds. The highest BCUT2D eigenvalue weighted by molar-refractivity contribution is 7.09. The lowest BCUT2D eigenvalue weighted by molar-refractivity contribution is -0.123. The van der Waals surface area contributed by atoms with Crippen LogP contribution in [0.2, 0.25) is 0 Å². The van der Waals surface area contributed by atoms with Crippen LogP contribution in [0.5, 0.6) is 0 Å². The molecular formula is C15H26N2O3S. The lowest BCUT2D eigenvalue weighted by atomic mass is 10.3. The zero-order chi connectivity index (χ0) is 15.7. The first kappa shape index (κ1) is 18.1. The first-order valence-electron chi connectivity index (χ1n) is 7.31. The first-order chi connectivity index (χ1) is 10.0. The molecule has 1 aromatic rings. The maximum absolute atomic E-state index is 11.7. The van der Waals surface area contributed by atoms with E-state index in [1.807, 2.05) is 43.2 Å². The van der Waals surface area contributed by atoms with Crippen LogP contribution in [-0.2, 0) is 16.1 Å². The standard InChI is InChI=1S/C15H26N2O3S/c1-4-17(9-15(19)16-12(2)3)8-13(18)10-20-11-14-6-5-7-21-14/h5-7,12-13,18H,4,8-11H2,1-3H3,(H,16,19). The van der Waals surface area contributed by atoms with E-state index >= 15 is 0 Å². The van der Waals surface area contributed by atoms with E-state index < -0.39 is 6.10 Å². The summed E-state index contributed by atoms with van der Waals surface area (Å²) in [6, 6.07) is 4.12. The summed E-state index contributed by atoms with van der Waals surface area (Å²) in [7, 11) is 0. The van der Waals surface area contributed by atoms with Crippen molar-refractivity contribution >= 4 is 17.2 Å². The van der Waals surface area contributed by atoms with Crippen LogP contribution in [0.1, 0.15) is 25.6 Å². The summed E-state index contributed by atoms with van der Waals surface area (Å²) in [4.78, 5) is 14.8. The maximum Gasteiger partial charge on any atom is 0.234 e. The number of rotatable bonds is 10. The topological polar surface area (TPSA) is 61.8 Å². The second kappa shape index (κ2) is 9.89. The minimum absolute atomic E-state index is 0.0152. The highest BCUT2D eigenvalue weighted by Gasteiger charge is 2.14. The smallest absolute Gasteiger partial charge is 0.234 e. The van der Waals surface area contributed by atoms with Gasteiger partial charge in [-0.2, -0.15) is 0 Å². The van der Waals surface area contributed by atoms with Crippen LogP contribution < -0.4 is 5.32 Å². The van der Waals surface area contributed by atoms with Gasteiger partial charge in [0, 0.05) is 17.5 Å². The van der Waals surface area contributed by atoms with Crippen LogP contribution in [0.4, 0.5) is 0 Å². The van der Waals surface area contributed by atoms with Gasteiger partial charge >= 0.3 is 0 Å². The predicted molar refractivity (Wildman–Crippen MR) is 85.4 cm³/mol. The van der Waals surface area contributed by atoms with E-state index in [2.05, 4.69) is 5.32 Å². The van der Waals surface area contributed by atoms with Gasteiger partial charge < -0.3 is 15.2 Å². The summed E-state index contributed by atoms with van der Waals surface area (Å²) >= 11 is 1.64. The number of ether oxygens (including phenoxy) is 1. The number of nitrogens with one attached hydrogen (secondary N) is 1. The number of nitrogens with zero attached hydrogens (tertiary/aromatic N) is 1. The normalized spacial score (nSPS) is 12.9. The number of thiophene rings is 1. The van der Waals surface area contributed by atoms with Gasteiger partial charge in [-0.15, -0.1) is 11.3 Å². The number of aliphatic hydroxyl groups is 1. The van der Waals surface area contributed by atoms with E-state index in [-0.39, 0.29) is 18.6 Å². The molecular weight excluding hydrogens is 288 g/mol. The van der Waals surface area contributed by atoms with Crippen LogP contribution >= 0.6 is 11.3 Å². The van der Waals surface area contributed by atoms with Gasteiger partial charge in [0.2, 0.25) is 5.91 Å². The largest absolute Gasteiger partial charge is 0.389 e. The van der Waals surface area contributed by atoms with Crippen LogP contribution in [0.15, 0.2) is 17.5 Å². The molecule has 0 aliphatic rings. The molecule has 1 aromatic heterocycles. The van der Waals surface area contributed by atoms with Crippen molar-refractivity contribution in [2.75, 3.05) is 26.2 Å². The third-order valence-electron chi connectivity index (χ3n) is 2.87. The third-order valence-corrected chi connectivity index (χ3v) is 3.72. The molecule has 0 radical (unpaired) electrons. The van der Waals surface area contributed by atoms with E-state index in [1.165, 1.54) is 0 Å². The molecule has 0 saturated carbocycles. The minimum Gasteiger partial charge on any atom is -0.389 e. The van der Waals surface area contributed by atoms with Crippen LogP contribution in [0.3, 0.4) is 0 Å². The van der Waals surface area contributed by atoms with Gasteiger partial charge in [-0.25, -0.2) is 0 Å². The summed E-state index contributed by atoms with van der Waals surface area (Å²) in [6.45, 7) is 8.09. The van der Waals surface area contributed by atoms with Crippen LogP contribution in [0.25, 0.3) is 0 Å². The Morgan fingerprint density at radius 2 is 2.29 bits per heavy atom. The van der Waals surface area contributed by atoms with Crippen LogP contribution in [0, 0.1) is 0 Å². The van der Waals surface area contributed by atoms with Gasteiger partial charge in [-0.05, 0) is 31.8 Å². The number of aliphatic hydroxyl groups excluding tert-OH is 1. The lowest BCUT2D eigenvalue weighted by Gasteiger charge is -2.23. The molecule has 120 valence electrons. The number of amides is 1. The summed E-state index contributed by atoms with van der Waals surface area (Å²) in [6.07, 6.45) is -0.586. The number of hydrogen-bond donors (Lipinski definition) is 2. The lowest BCUT2D eigenvalue weighted by Crippen LogP contribution is -2.43. The van der Waals surface area contributed by atoms with Crippen molar-refractivity contribution in [2.45, 2.75) is 39.5 Å². The van der Waals surface area contributed by atoms with E-state index in [0.29, 0.717) is 26.2 Å². The summed E-state index contributed by atoms with van der Waals surface area (Å²) in [5.41, 5.74) is 0. The Bertz CT molecular complexity index is 396. The molecule has 1 atom stereocenters. The Labute approximate surface area is 130 Å². The Hall–Kier alpha value is -0.950. The van der Waals surface area contributed by atoms with Crippen molar-refractivity contribution in [1.82, 2.24) is 10.2 Å². The Morgan fingerprint density at radius 3 is 2.86 bits per heavy atom. The Morgan fingerprint density at radius 1 is 1.52 bits per heavy atom. The molecule has 0 fully saturated rings. The summed E-state index contributed by atoms with van der Waals surface area (Å²) < 4.78 is 5.49. The van der Waals surface area contributed by atoms with Gasteiger partial charge in [-0.3, -0.25) is 9.69 Å². The SMILES string of the molecule is CCN(CC(=O)NC(C)C)CC(O)COCc1cccs1. The summed E-state index contributed by atoms with van der Waals surface area (Å²) in [5.74, 6) is -0.0152. The molecule has 2 N–H and O–H groups in total. The fourth-order valence-corrected chi connectivity index (χ4v) is 2.56. The molecule has 0 aliphatic heterocycles. The predicted octanol–water partition coefficient (Wildman–Crippen LogP) is 1.47. The van der Waals surface area contributed by atoms with Gasteiger partial charge in [0.05, 0.1) is 25.9 Å². The maximum atomic E-state index is 11.7. The fraction of sp³-hybridized carbons (Fsp3) is 0.667. The molecule has 1 unspecified atom stereocenters. The zero-order valence-electron chi connectivity index (χ0n) is 13.0. The van der Waals surface area contributed by atoms with Crippen molar-refractivity contribution in [2.24, 2.45) is 0 Å². The molecule has 0 bridgehead atoms. The average molecular weight is 314 g/mol. The second-order valence-corrected chi connectivity index (χ2v) is 6.33. The molecule has 0 saturated heterocycles. The van der Waals surface area contributed by atoms with Crippen molar-refractivity contribution in [3.05, 3.63) is 22.4 Å². The number of carbonyl (C=O) groups excluding carboxylic acids is 1. The second-order valence-electron chi connectivity index (χ2n) is 5.30. The summed E-state index contributed by atoms with van der Waals surface area (Å²) in [5, 5.41) is 14.8. The van der Waals surface area contributed by atoms with E-state index in [9.17, 15) is 9.90 Å². The highest BCUT2D eigenvalue weighted by Crippen LogP contribution is 2.09. The molecule has 0 aromatic carbocycles. The molecule has 6 heteroatoms.